The van der Waals surface area contributed by atoms with Gasteiger partial charge in [0.25, 0.3) is 0 Å². The van der Waals surface area contributed by atoms with Crippen LogP contribution in [0.4, 0.5) is 4.79 Å². The van der Waals surface area contributed by atoms with E-state index >= 15 is 0 Å². The van der Waals surface area contributed by atoms with Gasteiger partial charge >= 0.3 is 12.1 Å². The summed E-state index contributed by atoms with van der Waals surface area (Å²) in [5.74, 6) is -0.512. The normalized spacial score (nSPS) is 13.4. The van der Waals surface area contributed by atoms with Crippen LogP contribution in [0.1, 0.15) is 40.5 Å². The van der Waals surface area contributed by atoms with E-state index in [4.69, 9.17) is 9.47 Å². The molecule has 0 aromatic heterocycles. The SMILES string of the molecule is C=CC(=O)OCC(C)NC(=O)OC(C)N(CCC)CCC. The zero-order chi connectivity index (χ0) is 16.3. The van der Waals surface area contributed by atoms with E-state index in [1.807, 2.05) is 6.92 Å². The summed E-state index contributed by atoms with van der Waals surface area (Å²) in [5.41, 5.74) is 0. The lowest BCUT2D eigenvalue weighted by Crippen LogP contribution is -2.43. The highest BCUT2D eigenvalue weighted by molar-refractivity contribution is 5.81. The third kappa shape index (κ3) is 9.07. The molecule has 0 radical (unpaired) electrons. The molecule has 2 atom stereocenters. The third-order valence-corrected chi connectivity index (χ3v) is 2.82. The van der Waals surface area contributed by atoms with E-state index in [0.717, 1.165) is 32.0 Å². The summed E-state index contributed by atoms with van der Waals surface area (Å²) in [4.78, 5) is 24.8. The third-order valence-electron chi connectivity index (χ3n) is 2.82. The van der Waals surface area contributed by atoms with Gasteiger partial charge in [0, 0.05) is 19.2 Å². The molecule has 0 heterocycles. The number of carbonyl (C=O) groups excluding carboxylic acids is 2. The lowest BCUT2D eigenvalue weighted by Gasteiger charge is -2.28. The van der Waals surface area contributed by atoms with Crippen molar-refractivity contribution in [2.75, 3.05) is 19.7 Å². The predicted octanol–water partition coefficient (Wildman–Crippen LogP) is 2.30. The molecule has 1 amide bonds. The Morgan fingerprint density at radius 2 is 1.81 bits per heavy atom. The van der Waals surface area contributed by atoms with Crippen molar-refractivity contribution in [3.8, 4) is 0 Å². The van der Waals surface area contributed by atoms with E-state index < -0.39 is 12.1 Å². The Morgan fingerprint density at radius 1 is 1.24 bits per heavy atom. The number of nitrogens with one attached hydrogen (secondary N) is 1. The largest absolute Gasteiger partial charge is 0.460 e. The van der Waals surface area contributed by atoms with Crippen LogP contribution >= 0.6 is 0 Å². The molecule has 1 N–H and O–H groups in total. The van der Waals surface area contributed by atoms with E-state index in [1.165, 1.54) is 0 Å². The zero-order valence-electron chi connectivity index (χ0n) is 13.6. The molecule has 122 valence electrons. The number of ether oxygens (including phenoxy) is 2. The molecule has 0 saturated heterocycles. The Morgan fingerprint density at radius 3 is 2.29 bits per heavy atom. The van der Waals surface area contributed by atoms with E-state index in [2.05, 4.69) is 30.6 Å². The maximum atomic E-state index is 11.8. The minimum absolute atomic E-state index is 0.0853. The van der Waals surface area contributed by atoms with Gasteiger partial charge in [0.2, 0.25) is 0 Å². The molecule has 6 nitrogen and oxygen atoms in total. The van der Waals surface area contributed by atoms with Crippen molar-refractivity contribution in [2.45, 2.75) is 52.8 Å². The second-order valence-electron chi connectivity index (χ2n) is 4.92. The number of rotatable bonds is 10. The molecule has 2 unspecified atom stereocenters. The second kappa shape index (κ2) is 11.1. The van der Waals surface area contributed by atoms with E-state index in [9.17, 15) is 9.59 Å². The van der Waals surface area contributed by atoms with Crippen molar-refractivity contribution in [1.82, 2.24) is 10.2 Å². The van der Waals surface area contributed by atoms with Crippen LogP contribution in [0.2, 0.25) is 0 Å². The summed E-state index contributed by atoms with van der Waals surface area (Å²) in [6.07, 6.45) is 2.29. The molecule has 0 bridgehead atoms. The van der Waals surface area contributed by atoms with Gasteiger partial charge in [0.15, 0.2) is 6.23 Å². The highest BCUT2D eigenvalue weighted by Crippen LogP contribution is 2.04. The molecule has 0 aliphatic heterocycles. The second-order valence-corrected chi connectivity index (χ2v) is 4.92. The molecule has 0 aromatic rings. The number of alkyl carbamates (subject to hydrolysis) is 1. The Hall–Kier alpha value is -1.56. The van der Waals surface area contributed by atoms with Crippen molar-refractivity contribution in [1.29, 1.82) is 0 Å². The van der Waals surface area contributed by atoms with Crippen LogP contribution in [0.5, 0.6) is 0 Å². The molecule has 0 aliphatic carbocycles. The average Bonchev–Trinajstić information content (AvgIpc) is 2.44. The van der Waals surface area contributed by atoms with Crippen molar-refractivity contribution in [2.24, 2.45) is 0 Å². The highest BCUT2D eigenvalue weighted by Gasteiger charge is 2.18. The minimum atomic E-state index is -0.512. The van der Waals surface area contributed by atoms with Gasteiger partial charge in [-0.15, -0.1) is 0 Å². The number of esters is 1. The smallest absolute Gasteiger partial charge is 0.409 e. The molecule has 0 aromatic carbocycles. The maximum absolute atomic E-state index is 11.8. The topological polar surface area (TPSA) is 67.9 Å². The van der Waals surface area contributed by atoms with Crippen LogP contribution in [0.3, 0.4) is 0 Å². The Balaban J connectivity index is 4.15. The molecule has 0 rings (SSSR count). The summed E-state index contributed by atoms with van der Waals surface area (Å²) >= 11 is 0. The van der Waals surface area contributed by atoms with Crippen molar-refractivity contribution in [3.63, 3.8) is 0 Å². The quantitative estimate of drug-likeness (QED) is 0.381. The summed E-state index contributed by atoms with van der Waals surface area (Å²) in [5, 5.41) is 2.63. The van der Waals surface area contributed by atoms with Gasteiger partial charge in [-0.1, -0.05) is 20.4 Å². The number of carbonyl (C=O) groups is 2. The molecule has 0 fully saturated rings. The fourth-order valence-corrected chi connectivity index (χ4v) is 1.82. The van der Waals surface area contributed by atoms with Gasteiger partial charge in [-0.2, -0.15) is 0 Å². The first kappa shape index (κ1) is 19.4. The van der Waals surface area contributed by atoms with Crippen LogP contribution in [0, 0.1) is 0 Å². The molecule has 6 heteroatoms. The average molecular weight is 300 g/mol. The number of hydrogen-bond acceptors (Lipinski definition) is 5. The highest BCUT2D eigenvalue weighted by atomic mass is 16.6. The number of nitrogens with zero attached hydrogens (tertiary/aromatic N) is 1. The lowest BCUT2D eigenvalue weighted by atomic mass is 10.3. The standard InChI is InChI=1S/C15H28N2O4/c1-6-9-17(10-7-2)13(5)21-15(19)16-12(4)11-20-14(18)8-3/h8,12-13H,3,6-7,9-11H2,1-2,4-5H3,(H,16,19). The van der Waals surface area contributed by atoms with E-state index in [-0.39, 0.29) is 18.9 Å². The first-order chi connectivity index (χ1) is 9.94. The van der Waals surface area contributed by atoms with Gasteiger partial charge in [0.05, 0.1) is 6.04 Å². The predicted molar refractivity (Wildman–Crippen MR) is 81.9 cm³/mol. The van der Waals surface area contributed by atoms with E-state index in [0.29, 0.717) is 0 Å². The zero-order valence-corrected chi connectivity index (χ0v) is 13.6. The summed E-state index contributed by atoms with van der Waals surface area (Å²) in [6, 6.07) is -0.320. The van der Waals surface area contributed by atoms with E-state index in [1.54, 1.807) is 6.92 Å². The fraction of sp³-hybridized carbons (Fsp3) is 0.733. The Labute approximate surface area is 127 Å². The van der Waals surface area contributed by atoms with Crippen molar-refractivity contribution >= 4 is 12.1 Å². The first-order valence-electron chi connectivity index (χ1n) is 7.44. The van der Waals surface area contributed by atoms with Crippen molar-refractivity contribution in [3.05, 3.63) is 12.7 Å². The molecular formula is C15H28N2O4. The molecule has 0 spiro atoms. The Kier molecular flexibility index (Phi) is 10.3. The Bertz CT molecular complexity index is 328. The maximum Gasteiger partial charge on any atom is 0.409 e. The van der Waals surface area contributed by atoms with Crippen LogP contribution < -0.4 is 5.32 Å². The molecule has 21 heavy (non-hydrogen) atoms. The monoisotopic (exact) mass is 300 g/mol. The molecule has 0 saturated carbocycles. The van der Waals surface area contributed by atoms with Gasteiger partial charge < -0.3 is 14.8 Å². The summed E-state index contributed by atoms with van der Waals surface area (Å²) in [6.45, 7) is 12.9. The molecular weight excluding hydrogens is 272 g/mol. The van der Waals surface area contributed by atoms with Crippen molar-refractivity contribution < 1.29 is 19.1 Å². The number of hydrogen-bond donors (Lipinski definition) is 1. The first-order valence-corrected chi connectivity index (χ1v) is 7.44. The van der Waals surface area contributed by atoms with Crippen LogP contribution in [-0.2, 0) is 14.3 Å². The van der Waals surface area contributed by atoms with Gasteiger partial charge in [-0.25, -0.2) is 9.59 Å². The molecule has 0 aliphatic rings. The van der Waals surface area contributed by atoms with Gasteiger partial charge in [-0.3, -0.25) is 4.90 Å². The van der Waals surface area contributed by atoms with Gasteiger partial charge in [-0.05, 0) is 26.7 Å². The van der Waals surface area contributed by atoms with Gasteiger partial charge in [0.1, 0.15) is 6.61 Å². The van der Waals surface area contributed by atoms with Crippen LogP contribution in [0.25, 0.3) is 0 Å². The summed E-state index contributed by atoms with van der Waals surface area (Å²) < 4.78 is 10.2. The van der Waals surface area contributed by atoms with Crippen LogP contribution in [0.15, 0.2) is 12.7 Å². The number of amides is 1. The lowest BCUT2D eigenvalue weighted by molar-refractivity contribution is -0.138. The minimum Gasteiger partial charge on any atom is -0.460 e. The van der Waals surface area contributed by atoms with Crippen LogP contribution in [-0.4, -0.2) is 48.9 Å². The summed E-state index contributed by atoms with van der Waals surface area (Å²) in [7, 11) is 0. The fourth-order valence-electron chi connectivity index (χ4n) is 1.82.